The number of carbonyl (C=O) groups is 1. The van der Waals surface area contributed by atoms with E-state index >= 15 is 0 Å². The fraction of sp³-hybridized carbons (Fsp3) is 0.316. The fourth-order valence-corrected chi connectivity index (χ4v) is 6.17. The molecule has 3 heteroatoms. The van der Waals surface area contributed by atoms with Crippen LogP contribution < -0.4 is 0 Å². The molecular weight excluding hydrogens is 288 g/mol. The van der Waals surface area contributed by atoms with Crippen LogP contribution >= 0.6 is 0 Å². The summed E-state index contributed by atoms with van der Waals surface area (Å²) in [7, 11) is -1.60. The normalized spacial score (nSPS) is 12.8. The second kappa shape index (κ2) is 7.41. The number of benzene rings is 2. The standard InChI is InChI=1S/C19H24O2Si/c1-22(2,14-17-11-7-4-8-12-17)15-18(19(20)21)13-16-9-5-3-6-10-16/h3-12,18H,13-15H2,1-2H3,(H,20,21). The highest BCUT2D eigenvalue weighted by molar-refractivity contribution is 6.77. The highest BCUT2D eigenvalue weighted by Crippen LogP contribution is 2.24. The van der Waals surface area contributed by atoms with E-state index in [0.29, 0.717) is 6.42 Å². The average molecular weight is 312 g/mol. The number of hydrogen-bond acceptors (Lipinski definition) is 1. The van der Waals surface area contributed by atoms with Gasteiger partial charge in [-0.2, -0.15) is 0 Å². The first-order valence-corrected chi connectivity index (χ1v) is 11.2. The fourth-order valence-electron chi connectivity index (χ4n) is 3.03. The van der Waals surface area contributed by atoms with Gasteiger partial charge in [0.25, 0.3) is 0 Å². The molecule has 0 bridgehead atoms. The summed E-state index contributed by atoms with van der Waals surface area (Å²) in [6.07, 6.45) is 0.626. The maximum absolute atomic E-state index is 11.7. The van der Waals surface area contributed by atoms with E-state index < -0.39 is 14.0 Å². The van der Waals surface area contributed by atoms with Crippen molar-refractivity contribution in [1.82, 2.24) is 0 Å². The molecule has 0 radical (unpaired) electrons. The number of carboxylic acid groups (broad SMARTS) is 1. The van der Waals surface area contributed by atoms with Crippen LogP contribution in [0.25, 0.3) is 0 Å². The van der Waals surface area contributed by atoms with Crippen LogP contribution in [0.5, 0.6) is 0 Å². The second-order valence-electron chi connectivity index (χ2n) is 6.76. The van der Waals surface area contributed by atoms with Gasteiger partial charge in [-0.3, -0.25) is 4.79 Å². The van der Waals surface area contributed by atoms with Crippen LogP contribution in [0.15, 0.2) is 60.7 Å². The van der Waals surface area contributed by atoms with Gasteiger partial charge in [0, 0.05) is 0 Å². The zero-order chi connectivity index (χ0) is 16.0. The average Bonchev–Trinajstić information content (AvgIpc) is 2.48. The van der Waals surface area contributed by atoms with Crippen molar-refractivity contribution in [2.75, 3.05) is 0 Å². The molecule has 0 aromatic heterocycles. The predicted octanol–water partition coefficient (Wildman–Crippen LogP) is 4.42. The maximum Gasteiger partial charge on any atom is 0.306 e. The zero-order valence-electron chi connectivity index (χ0n) is 13.3. The lowest BCUT2D eigenvalue weighted by Crippen LogP contribution is -2.35. The smallest absolute Gasteiger partial charge is 0.306 e. The molecule has 2 aromatic rings. The molecule has 0 aliphatic carbocycles. The predicted molar refractivity (Wildman–Crippen MR) is 93.7 cm³/mol. The van der Waals surface area contributed by atoms with E-state index in [9.17, 15) is 9.90 Å². The molecule has 2 rings (SSSR count). The van der Waals surface area contributed by atoms with Gasteiger partial charge in [0.1, 0.15) is 0 Å². The Morgan fingerprint density at radius 2 is 1.45 bits per heavy atom. The molecule has 0 spiro atoms. The molecule has 1 atom stereocenters. The van der Waals surface area contributed by atoms with Gasteiger partial charge in [0.05, 0.1) is 14.0 Å². The Hall–Kier alpha value is -1.87. The van der Waals surface area contributed by atoms with Gasteiger partial charge >= 0.3 is 5.97 Å². The van der Waals surface area contributed by atoms with E-state index in [0.717, 1.165) is 17.7 Å². The van der Waals surface area contributed by atoms with Crippen molar-refractivity contribution in [3.8, 4) is 0 Å². The SMILES string of the molecule is C[Si](C)(Cc1ccccc1)CC(Cc1ccccc1)C(=O)O. The second-order valence-corrected chi connectivity index (χ2v) is 11.8. The van der Waals surface area contributed by atoms with Crippen LogP contribution in [-0.2, 0) is 17.3 Å². The molecule has 0 heterocycles. The van der Waals surface area contributed by atoms with Crippen LogP contribution in [0, 0.1) is 5.92 Å². The largest absolute Gasteiger partial charge is 0.481 e. The highest BCUT2D eigenvalue weighted by Gasteiger charge is 2.29. The number of aliphatic carboxylic acids is 1. The minimum Gasteiger partial charge on any atom is -0.481 e. The first kappa shape index (κ1) is 16.5. The first-order chi connectivity index (χ1) is 10.5. The van der Waals surface area contributed by atoms with E-state index in [1.807, 2.05) is 36.4 Å². The quantitative estimate of drug-likeness (QED) is 0.768. The van der Waals surface area contributed by atoms with Gasteiger partial charge in [0.15, 0.2) is 0 Å². The van der Waals surface area contributed by atoms with E-state index in [-0.39, 0.29) is 5.92 Å². The Balaban J connectivity index is 2.04. The first-order valence-electron chi connectivity index (χ1n) is 7.77. The molecule has 2 aromatic carbocycles. The lowest BCUT2D eigenvalue weighted by atomic mass is 10.0. The highest BCUT2D eigenvalue weighted by atomic mass is 28.3. The van der Waals surface area contributed by atoms with E-state index in [4.69, 9.17) is 0 Å². The molecule has 0 saturated carbocycles. The monoisotopic (exact) mass is 312 g/mol. The molecule has 2 nitrogen and oxygen atoms in total. The van der Waals surface area contributed by atoms with Gasteiger partial charge in [-0.25, -0.2) is 0 Å². The molecule has 116 valence electrons. The van der Waals surface area contributed by atoms with Crippen molar-refractivity contribution >= 4 is 14.0 Å². The summed E-state index contributed by atoms with van der Waals surface area (Å²) in [4.78, 5) is 11.7. The molecule has 0 aliphatic rings. The van der Waals surface area contributed by atoms with Crippen molar-refractivity contribution in [3.05, 3.63) is 71.8 Å². The topological polar surface area (TPSA) is 37.3 Å². The summed E-state index contributed by atoms with van der Waals surface area (Å²) < 4.78 is 0. The molecule has 0 aliphatic heterocycles. The van der Waals surface area contributed by atoms with Crippen molar-refractivity contribution in [3.63, 3.8) is 0 Å². The number of carboxylic acids is 1. The zero-order valence-corrected chi connectivity index (χ0v) is 14.3. The molecule has 1 N–H and O–H groups in total. The third-order valence-corrected chi connectivity index (χ3v) is 6.96. The van der Waals surface area contributed by atoms with E-state index in [1.165, 1.54) is 5.56 Å². The Kier molecular flexibility index (Phi) is 5.55. The Morgan fingerprint density at radius 3 is 1.95 bits per heavy atom. The van der Waals surface area contributed by atoms with Crippen LogP contribution in [0.1, 0.15) is 11.1 Å². The van der Waals surface area contributed by atoms with E-state index in [1.54, 1.807) is 0 Å². The molecule has 0 saturated heterocycles. The van der Waals surface area contributed by atoms with Crippen LogP contribution in [0.3, 0.4) is 0 Å². The summed E-state index contributed by atoms with van der Waals surface area (Å²) in [6, 6.07) is 22.2. The molecule has 1 unspecified atom stereocenters. The number of rotatable bonds is 7. The molecule has 0 amide bonds. The maximum atomic E-state index is 11.7. The lowest BCUT2D eigenvalue weighted by molar-refractivity contribution is -0.141. The Morgan fingerprint density at radius 1 is 0.955 bits per heavy atom. The third-order valence-electron chi connectivity index (χ3n) is 4.00. The van der Waals surface area contributed by atoms with Gasteiger partial charge in [-0.15, -0.1) is 0 Å². The van der Waals surface area contributed by atoms with Gasteiger partial charge in [0.2, 0.25) is 0 Å². The van der Waals surface area contributed by atoms with Crippen LogP contribution in [0.4, 0.5) is 0 Å². The minimum atomic E-state index is -1.60. The number of hydrogen-bond donors (Lipinski definition) is 1. The third kappa shape index (κ3) is 5.15. The minimum absolute atomic E-state index is 0.284. The van der Waals surface area contributed by atoms with Crippen molar-refractivity contribution in [2.24, 2.45) is 5.92 Å². The Labute approximate surface area is 133 Å². The summed E-state index contributed by atoms with van der Waals surface area (Å²) in [5.41, 5.74) is 2.43. The molecule has 0 fully saturated rings. The van der Waals surface area contributed by atoms with Crippen LogP contribution in [-0.4, -0.2) is 19.1 Å². The van der Waals surface area contributed by atoms with E-state index in [2.05, 4.69) is 37.4 Å². The summed E-state index contributed by atoms with van der Waals surface area (Å²) in [5.74, 6) is -0.953. The lowest BCUT2D eigenvalue weighted by Gasteiger charge is -2.26. The van der Waals surface area contributed by atoms with Crippen molar-refractivity contribution < 1.29 is 9.90 Å². The summed E-state index contributed by atoms with van der Waals surface area (Å²) >= 11 is 0. The summed E-state index contributed by atoms with van der Waals surface area (Å²) in [5, 5.41) is 9.59. The molecule has 22 heavy (non-hydrogen) atoms. The van der Waals surface area contributed by atoms with Crippen LogP contribution in [0.2, 0.25) is 19.1 Å². The summed E-state index contributed by atoms with van der Waals surface area (Å²) in [6.45, 7) is 4.59. The molecular formula is C19H24O2Si. The van der Waals surface area contributed by atoms with Crippen molar-refractivity contribution in [2.45, 2.75) is 31.6 Å². The van der Waals surface area contributed by atoms with Crippen molar-refractivity contribution in [1.29, 1.82) is 0 Å². The Bertz CT molecular complexity index is 593. The van der Waals surface area contributed by atoms with Gasteiger partial charge in [-0.1, -0.05) is 79.3 Å². The van der Waals surface area contributed by atoms with Gasteiger partial charge < -0.3 is 5.11 Å². The van der Waals surface area contributed by atoms with Gasteiger partial charge in [-0.05, 0) is 24.1 Å².